The van der Waals surface area contributed by atoms with Gasteiger partial charge in [-0.3, -0.25) is 14.5 Å². The number of aromatic nitrogens is 4. The first-order chi connectivity index (χ1) is 19.9. The third kappa shape index (κ3) is 7.27. The summed E-state index contributed by atoms with van der Waals surface area (Å²) in [7, 11) is 0. The van der Waals surface area contributed by atoms with Crippen LogP contribution in [0.15, 0.2) is 64.4 Å². The van der Waals surface area contributed by atoms with Crippen molar-refractivity contribution in [1.82, 2.24) is 24.4 Å². The highest BCUT2D eigenvalue weighted by Gasteiger charge is 2.15. The molecule has 1 aliphatic rings. The molecule has 0 amide bonds. The Morgan fingerprint density at radius 1 is 0.976 bits per heavy atom. The molecule has 2 aromatic carbocycles. The van der Waals surface area contributed by atoms with Crippen LogP contribution in [0, 0.1) is 5.82 Å². The normalized spacial score (nSPS) is 15.1. The number of H-pyrrole nitrogens is 2. The van der Waals surface area contributed by atoms with Crippen molar-refractivity contribution in [2.75, 3.05) is 32.8 Å². The second kappa shape index (κ2) is 12.9. The minimum absolute atomic E-state index is 0.115. The van der Waals surface area contributed by atoms with E-state index < -0.39 is 11.1 Å². The molecule has 0 atom stereocenters. The van der Waals surface area contributed by atoms with Gasteiger partial charge < -0.3 is 24.0 Å². The van der Waals surface area contributed by atoms with Crippen LogP contribution in [0.5, 0.6) is 11.5 Å². The number of hydrogen-bond donors (Lipinski definition) is 2. The summed E-state index contributed by atoms with van der Waals surface area (Å²) in [5.74, 6) is 0.817. The fraction of sp³-hybridized carbons (Fsp3) is 0.323. The zero-order valence-electron chi connectivity index (χ0n) is 23.2. The Hall–Kier alpha value is -4.28. The van der Waals surface area contributed by atoms with Gasteiger partial charge in [-0.05, 0) is 66.5 Å². The predicted octanol–water partition coefficient (Wildman–Crippen LogP) is 2.69. The topological polar surface area (TPSA) is 105 Å². The fourth-order valence-electron chi connectivity index (χ4n) is 4.92. The highest BCUT2D eigenvalue weighted by molar-refractivity contribution is 5.51. The average molecular weight is 560 g/mol. The van der Waals surface area contributed by atoms with E-state index in [-0.39, 0.29) is 22.4 Å². The summed E-state index contributed by atoms with van der Waals surface area (Å²) in [6.45, 7) is 9.46. The number of benzene rings is 2. The minimum Gasteiger partial charge on any atom is -0.457 e. The maximum atomic E-state index is 13.2. The Bertz CT molecular complexity index is 1720. The van der Waals surface area contributed by atoms with Gasteiger partial charge in [-0.15, -0.1) is 0 Å². The van der Waals surface area contributed by atoms with Crippen LogP contribution in [0.2, 0.25) is 0 Å². The lowest BCUT2D eigenvalue weighted by molar-refractivity contribution is 0.0369. The standard InChI is InChI=1S/C31H34FN5O4/c1-21(2)29-26(33-20-37(29)12-4-11-36-13-15-40-16-14-36)19-28-31(39)34-27(30(38)35-28)18-22-5-3-6-25(17-22)41-24-9-7-23(32)8-10-24/h3,5-10,17-21H,4,11-16H2,1-2H3,(H,34,39)(H,35,38)/b27-18-,28-19-. The molecule has 9 nitrogen and oxygen atoms in total. The molecule has 2 N–H and O–H groups in total. The second-order valence-corrected chi connectivity index (χ2v) is 10.3. The third-order valence-corrected chi connectivity index (χ3v) is 6.92. The molecule has 1 saturated heterocycles. The maximum absolute atomic E-state index is 13.2. The Balaban J connectivity index is 1.37. The van der Waals surface area contributed by atoms with Gasteiger partial charge in [-0.25, -0.2) is 9.37 Å². The molecule has 0 spiro atoms. The molecule has 41 heavy (non-hydrogen) atoms. The number of halogens is 1. The van der Waals surface area contributed by atoms with Crippen LogP contribution in [0.3, 0.4) is 0 Å². The van der Waals surface area contributed by atoms with Crippen molar-refractivity contribution >= 4 is 12.2 Å². The van der Waals surface area contributed by atoms with Crippen molar-refractivity contribution in [3.8, 4) is 11.5 Å². The Labute approximate surface area is 236 Å². The number of imidazole rings is 1. The summed E-state index contributed by atoms with van der Waals surface area (Å²) < 4.78 is 26.5. The maximum Gasteiger partial charge on any atom is 0.272 e. The van der Waals surface area contributed by atoms with Crippen LogP contribution >= 0.6 is 0 Å². The molecule has 1 aliphatic heterocycles. The lowest BCUT2D eigenvalue weighted by atomic mass is 10.1. The van der Waals surface area contributed by atoms with E-state index >= 15 is 0 Å². The van der Waals surface area contributed by atoms with E-state index in [1.54, 1.807) is 42.7 Å². The van der Waals surface area contributed by atoms with Crippen molar-refractivity contribution in [3.05, 3.63) is 109 Å². The fourth-order valence-corrected chi connectivity index (χ4v) is 4.92. The molecule has 2 aromatic heterocycles. The molecule has 4 aromatic rings. The van der Waals surface area contributed by atoms with Gasteiger partial charge in [0.2, 0.25) is 0 Å². The van der Waals surface area contributed by atoms with E-state index in [9.17, 15) is 14.0 Å². The second-order valence-electron chi connectivity index (χ2n) is 10.3. The Morgan fingerprint density at radius 2 is 1.68 bits per heavy atom. The van der Waals surface area contributed by atoms with Gasteiger partial charge in [0.25, 0.3) is 11.1 Å². The van der Waals surface area contributed by atoms with E-state index in [0.717, 1.165) is 51.5 Å². The predicted molar refractivity (Wildman–Crippen MR) is 155 cm³/mol. The number of hydrogen-bond acceptors (Lipinski definition) is 6. The SMILES string of the molecule is CC(C)c1c(/C=c2\[nH]c(=O)/c(=C/c3cccc(Oc4ccc(F)cc4)c3)[nH]c2=O)ncn1CCCN1CCOCC1. The summed E-state index contributed by atoms with van der Waals surface area (Å²) in [6, 6.07) is 12.7. The molecule has 0 saturated carbocycles. The van der Waals surface area contributed by atoms with Crippen LogP contribution in [-0.4, -0.2) is 57.3 Å². The number of morpholine rings is 1. The number of nitrogens with zero attached hydrogens (tertiary/aromatic N) is 3. The molecule has 10 heteroatoms. The molecular formula is C31H34FN5O4. The van der Waals surface area contributed by atoms with E-state index in [1.165, 1.54) is 24.3 Å². The highest BCUT2D eigenvalue weighted by atomic mass is 19.1. The number of nitrogens with one attached hydrogen (secondary N) is 2. The Kier molecular flexibility index (Phi) is 8.91. The monoisotopic (exact) mass is 559 g/mol. The summed E-state index contributed by atoms with van der Waals surface area (Å²) in [6.07, 6.45) is 5.99. The lowest BCUT2D eigenvalue weighted by Gasteiger charge is -2.26. The van der Waals surface area contributed by atoms with Gasteiger partial charge in [-0.1, -0.05) is 26.0 Å². The Morgan fingerprint density at radius 3 is 2.39 bits per heavy atom. The molecule has 0 radical (unpaired) electrons. The number of rotatable bonds is 9. The number of ether oxygens (including phenoxy) is 2. The van der Waals surface area contributed by atoms with Gasteiger partial charge in [0.15, 0.2) is 0 Å². The number of aromatic amines is 2. The van der Waals surface area contributed by atoms with E-state index in [4.69, 9.17) is 9.47 Å². The molecule has 0 unspecified atom stereocenters. The summed E-state index contributed by atoms with van der Waals surface area (Å²) >= 11 is 0. The van der Waals surface area contributed by atoms with Crippen LogP contribution in [0.1, 0.15) is 43.1 Å². The van der Waals surface area contributed by atoms with Crippen LogP contribution in [0.4, 0.5) is 4.39 Å². The van der Waals surface area contributed by atoms with E-state index in [1.807, 2.05) is 0 Å². The smallest absolute Gasteiger partial charge is 0.272 e. The molecule has 214 valence electrons. The van der Waals surface area contributed by atoms with Crippen molar-refractivity contribution < 1.29 is 13.9 Å². The molecule has 3 heterocycles. The van der Waals surface area contributed by atoms with Gasteiger partial charge in [0.1, 0.15) is 28.0 Å². The first-order valence-corrected chi connectivity index (χ1v) is 13.8. The van der Waals surface area contributed by atoms with Crippen molar-refractivity contribution in [2.24, 2.45) is 0 Å². The molecule has 1 fully saturated rings. The number of aryl methyl sites for hydroxylation is 1. The summed E-state index contributed by atoms with van der Waals surface area (Å²) in [5.41, 5.74) is 1.47. The van der Waals surface area contributed by atoms with Gasteiger partial charge in [0.05, 0.1) is 25.2 Å². The quantitative estimate of drug-likeness (QED) is 0.327. The first-order valence-electron chi connectivity index (χ1n) is 13.8. The highest BCUT2D eigenvalue weighted by Crippen LogP contribution is 2.23. The van der Waals surface area contributed by atoms with Crippen LogP contribution < -0.4 is 26.6 Å². The summed E-state index contributed by atoms with van der Waals surface area (Å²) in [4.78, 5) is 38.3. The minimum atomic E-state index is -0.434. The third-order valence-electron chi connectivity index (χ3n) is 6.92. The molecule has 0 aliphatic carbocycles. The average Bonchev–Trinajstić information content (AvgIpc) is 3.36. The van der Waals surface area contributed by atoms with Crippen molar-refractivity contribution in [1.29, 1.82) is 0 Å². The van der Waals surface area contributed by atoms with Crippen molar-refractivity contribution in [2.45, 2.75) is 32.7 Å². The first kappa shape index (κ1) is 28.3. The molecular weight excluding hydrogens is 525 g/mol. The zero-order chi connectivity index (χ0) is 28.8. The summed E-state index contributed by atoms with van der Waals surface area (Å²) in [5, 5.41) is 0.254. The van der Waals surface area contributed by atoms with Crippen LogP contribution in [-0.2, 0) is 11.3 Å². The van der Waals surface area contributed by atoms with E-state index in [2.05, 4.69) is 38.3 Å². The van der Waals surface area contributed by atoms with Gasteiger partial charge in [-0.2, -0.15) is 0 Å². The van der Waals surface area contributed by atoms with Gasteiger partial charge in [0, 0.05) is 31.9 Å². The lowest BCUT2D eigenvalue weighted by Crippen LogP contribution is -2.46. The van der Waals surface area contributed by atoms with E-state index in [0.29, 0.717) is 22.8 Å². The van der Waals surface area contributed by atoms with Crippen LogP contribution in [0.25, 0.3) is 12.2 Å². The van der Waals surface area contributed by atoms with Crippen molar-refractivity contribution in [3.63, 3.8) is 0 Å². The largest absolute Gasteiger partial charge is 0.457 e. The van der Waals surface area contributed by atoms with Gasteiger partial charge >= 0.3 is 0 Å². The molecule has 0 bridgehead atoms. The zero-order valence-corrected chi connectivity index (χ0v) is 23.2. The molecule has 5 rings (SSSR count).